The summed E-state index contributed by atoms with van der Waals surface area (Å²) in [6.07, 6.45) is 0. The van der Waals surface area contributed by atoms with Crippen LogP contribution in [0.15, 0.2) is 84.9 Å². The molecule has 0 radical (unpaired) electrons. The molecular weight excluding hydrogens is 382 g/mol. The third-order valence-electron chi connectivity index (χ3n) is 4.03. The lowest BCUT2D eigenvalue weighted by atomic mass is 10.3. The van der Waals surface area contributed by atoms with Gasteiger partial charge in [0.15, 0.2) is 0 Å². The van der Waals surface area contributed by atoms with E-state index in [2.05, 4.69) is 30.9 Å². The number of rotatable bonds is 7. The van der Waals surface area contributed by atoms with Gasteiger partial charge in [-0.1, -0.05) is 36.4 Å². The van der Waals surface area contributed by atoms with E-state index in [0.717, 1.165) is 11.4 Å². The van der Waals surface area contributed by atoms with Gasteiger partial charge in [-0.3, -0.25) is 10.1 Å². The number of nitro benzene ring substituents is 1. The number of nitro groups is 1. The summed E-state index contributed by atoms with van der Waals surface area (Å²) in [7, 11) is 0. The molecule has 0 saturated carbocycles. The van der Waals surface area contributed by atoms with Crippen molar-refractivity contribution in [1.29, 1.82) is 0 Å². The van der Waals surface area contributed by atoms with Gasteiger partial charge >= 0.3 is 0 Å². The van der Waals surface area contributed by atoms with Crippen molar-refractivity contribution in [3.63, 3.8) is 0 Å². The van der Waals surface area contributed by atoms with Crippen molar-refractivity contribution in [2.45, 2.75) is 0 Å². The average molecular weight is 399 g/mol. The molecule has 4 aromatic rings. The quantitative estimate of drug-likeness (QED) is 0.293. The van der Waals surface area contributed by atoms with Crippen molar-refractivity contribution in [2.75, 3.05) is 16.0 Å². The highest BCUT2D eigenvalue weighted by Crippen LogP contribution is 2.22. The first-order valence-electron chi connectivity index (χ1n) is 9.07. The van der Waals surface area contributed by atoms with Gasteiger partial charge in [-0.15, -0.1) is 0 Å². The molecule has 1 aromatic heterocycles. The Bertz CT molecular complexity index is 1080. The maximum Gasteiger partial charge on any atom is 0.269 e. The van der Waals surface area contributed by atoms with Gasteiger partial charge in [0.05, 0.1) is 4.92 Å². The minimum Gasteiger partial charge on any atom is -0.324 e. The Hall–Kier alpha value is -4.53. The Morgan fingerprint density at radius 1 is 0.567 bits per heavy atom. The molecule has 9 nitrogen and oxygen atoms in total. The van der Waals surface area contributed by atoms with Crippen LogP contribution < -0.4 is 16.0 Å². The summed E-state index contributed by atoms with van der Waals surface area (Å²) in [6.45, 7) is 0. The van der Waals surface area contributed by atoms with Gasteiger partial charge in [-0.05, 0) is 36.4 Å². The fourth-order valence-electron chi connectivity index (χ4n) is 2.64. The number of aromatic nitrogens is 3. The standard InChI is InChI=1S/C21H17N7O2/c29-28(30)18-13-11-17(12-14-18)24-21-26-19(22-15-7-3-1-4-8-15)25-20(27-21)23-16-9-5-2-6-10-16/h1-14H,(H3,22,23,24,25,26,27). The van der Waals surface area contributed by atoms with E-state index >= 15 is 0 Å². The van der Waals surface area contributed by atoms with Crippen LogP contribution in [0.2, 0.25) is 0 Å². The van der Waals surface area contributed by atoms with Crippen LogP contribution in [0.5, 0.6) is 0 Å². The molecule has 0 spiro atoms. The van der Waals surface area contributed by atoms with Crippen molar-refractivity contribution < 1.29 is 4.92 Å². The second-order valence-electron chi connectivity index (χ2n) is 6.22. The Morgan fingerprint density at radius 3 is 1.30 bits per heavy atom. The molecule has 0 aliphatic carbocycles. The van der Waals surface area contributed by atoms with Crippen molar-refractivity contribution in [3.05, 3.63) is 95.0 Å². The third kappa shape index (κ3) is 4.84. The molecule has 3 aromatic carbocycles. The summed E-state index contributed by atoms with van der Waals surface area (Å²) in [5.41, 5.74) is 2.28. The fraction of sp³-hybridized carbons (Fsp3) is 0. The number of non-ortho nitro benzene ring substituents is 1. The molecule has 148 valence electrons. The van der Waals surface area contributed by atoms with E-state index in [1.807, 2.05) is 60.7 Å². The first-order chi connectivity index (χ1) is 14.7. The molecule has 0 atom stereocenters. The van der Waals surface area contributed by atoms with Crippen LogP contribution >= 0.6 is 0 Å². The molecule has 0 unspecified atom stereocenters. The lowest BCUT2D eigenvalue weighted by Gasteiger charge is -2.11. The van der Waals surface area contributed by atoms with Crippen LogP contribution in [0.4, 0.5) is 40.6 Å². The number of benzene rings is 3. The Morgan fingerprint density at radius 2 is 0.933 bits per heavy atom. The van der Waals surface area contributed by atoms with E-state index in [1.54, 1.807) is 12.1 Å². The molecule has 9 heteroatoms. The van der Waals surface area contributed by atoms with E-state index < -0.39 is 4.92 Å². The number of para-hydroxylation sites is 2. The minimum absolute atomic E-state index is 0.00839. The largest absolute Gasteiger partial charge is 0.324 e. The summed E-state index contributed by atoms with van der Waals surface area (Å²) in [6, 6.07) is 25.1. The highest BCUT2D eigenvalue weighted by Gasteiger charge is 2.09. The average Bonchev–Trinajstić information content (AvgIpc) is 2.75. The van der Waals surface area contributed by atoms with Crippen LogP contribution in [-0.4, -0.2) is 19.9 Å². The molecule has 1 heterocycles. The zero-order chi connectivity index (χ0) is 20.8. The summed E-state index contributed by atoms with van der Waals surface area (Å²) >= 11 is 0. The van der Waals surface area contributed by atoms with Crippen LogP contribution in [0.3, 0.4) is 0 Å². The number of nitrogens with zero attached hydrogens (tertiary/aromatic N) is 4. The molecule has 0 aliphatic rings. The number of hydrogen-bond donors (Lipinski definition) is 3. The monoisotopic (exact) mass is 399 g/mol. The predicted octanol–water partition coefficient (Wildman–Crippen LogP) is 5.01. The Labute approximate surface area is 172 Å². The van der Waals surface area contributed by atoms with Gasteiger partial charge in [0, 0.05) is 29.2 Å². The molecule has 30 heavy (non-hydrogen) atoms. The molecule has 0 bridgehead atoms. The number of hydrogen-bond acceptors (Lipinski definition) is 8. The minimum atomic E-state index is -0.448. The summed E-state index contributed by atoms with van der Waals surface area (Å²) in [5.74, 6) is 0.980. The topological polar surface area (TPSA) is 118 Å². The highest BCUT2D eigenvalue weighted by molar-refractivity contribution is 5.62. The molecule has 0 aliphatic heterocycles. The molecule has 0 fully saturated rings. The van der Waals surface area contributed by atoms with Crippen LogP contribution in [0.1, 0.15) is 0 Å². The van der Waals surface area contributed by atoms with Gasteiger partial charge in [-0.25, -0.2) is 0 Å². The SMILES string of the molecule is O=[N+]([O-])c1ccc(Nc2nc(Nc3ccccc3)nc(Nc3ccccc3)n2)cc1. The van der Waals surface area contributed by atoms with Gasteiger partial charge in [0.2, 0.25) is 17.8 Å². The molecule has 4 rings (SSSR count). The van der Waals surface area contributed by atoms with Crippen molar-refractivity contribution in [3.8, 4) is 0 Å². The first kappa shape index (κ1) is 18.8. The van der Waals surface area contributed by atoms with Crippen LogP contribution in [-0.2, 0) is 0 Å². The zero-order valence-corrected chi connectivity index (χ0v) is 15.7. The maximum absolute atomic E-state index is 10.8. The summed E-state index contributed by atoms with van der Waals surface area (Å²) < 4.78 is 0. The predicted molar refractivity (Wildman–Crippen MR) is 116 cm³/mol. The normalized spacial score (nSPS) is 10.3. The third-order valence-corrected chi connectivity index (χ3v) is 4.03. The van der Waals surface area contributed by atoms with Crippen LogP contribution in [0.25, 0.3) is 0 Å². The lowest BCUT2D eigenvalue weighted by molar-refractivity contribution is -0.384. The van der Waals surface area contributed by atoms with E-state index in [0.29, 0.717) is 17.6 Å². The number of anilines is 6. The zero-order valence-electron chi connectivity index (χ0n) is 15.7. The van der Waals surface area contributed by atoms with E-state index in [1.165, 1.54) is 12.1 Å². The number of nitrogens with one attached hydrogen (secondary N) is 3. The first-order valence-corrected chi connectivity index (χ1v) is 9.07. The lowest BCUT2D eigenvalue weighted by Crippen LogP contribution is -2.07. The van der Waals surface area contributed by atoms with Gasteiger partial charge in [0.25, 0.3) is 5.69 Å². The van der Waals surface area contributed by atoms with Crippen molar-refractivity contribution >= 4 is 40.6 Å². The molecule has 0 saturated heterocycles. The smallest absolute Gasteiger partial charge is 0.269 e. The fourth-order valence-corrected chi connectivity index (χ4v) is 2.64. The summed E-state index contributed by atoms with van der Waals surface area (Å²) in [4.78, 5) is 23.6. The Balaban J connectivity index is 1.62. The van der Waals surface area contributed by atoms with E-state index in [-0.39, 0.29) is 11.6 Å². The molecular formula is C21H17N7O2. The van der Waals surface area contributed by atoms with Gasteiger partial charge in [0.1, 0.15) is 0 Å². The highest BCUT2D eigenvalue weighted by atomic mass is 16.6. The van der Waals surface area contributed by atoms with Crippen LogP contribution in [0, 0.1) is 10.1 Å². The van der Waals surface area contributed by atoms with Gasteiger partial charge in [-0.2, -0.15) is 15.0 Å². The molecule has 3 N–H and O–H groups in total. The maximum atomic E-state index is 10.8. The van der Waals surface area contributed by atoms with Crippen molar-refractivity contribution in [1.82, 2.24) is 15.0 Å². The summed E-state index contributed by atoms with van der Waals surface area (Å²) in [5, 5.41) is 20.2. The second-order valence-corrected chi connectivity index (χ2v) is 6.22. The molecule has 0 amide bonds. The van der Waals surface area contributed by atoms with Crippen molar-refractivity contribution in [2.24, 2.45) is 0 Å². The second kappa shape index (κ2) is 8.65. The van der Waals surface area contributed by atoms with Gasteiger partial charge < -0.3 is 16.0 Å². The van der Waals surface area contributed by atoms with E-state index in [4.69, 9.17) is 0 Å². The van der Waals surface area contributed by atoms with E-state index in [9.17, 15) is 10.1 Å². The Kier molecular flexibility index (Phi) is 5.43.